The summed E-state index contributed by atoms with van der Waals surface area (Å²) >= 11 is 3.37. The molecule has 1 aliphatic heterocycles. The molecule has 0 saturated heterocycles. The normalized spacial score (nSPS) is 24.0. The first kappa shape index (κ1) is 15.2. The number of carbonyl (C=O) groups is 1. The second-order valence-corrected chi connectivity index (χ2v) is 7.22. The predicted octanol–water partition coefficient (Wildman–Crippen LogP) is 2.43. The molecule has 0 spiro atoms. The molecule has 2 aromatic rings. The summed E-state index contributed by atoms with van der Waals surface area (Å²) in [5.41, 5.74) is -1.83. The summed E-state index contributed by atoms with van der Waals surface area (Å²) < 4.78 is 8.02. The number of aliphatic hydroxyl groups excluding tert-OH is 1. The zero-order valence-electron chi connectivity index (χ0n) is 12.4. The fraction of sp³-hybridized carbons (Fsp3) is 0.400. The van der Waals surface area contributed by atoms with Gasteiger partial charge in [0.1, 0.15) is 18.4 Å². The maximum Gasteiger partial charge on any atom is 0.292 e. The third kappa shape index (κ3) is 2.07. The van der Waals surface area contributed by atoms with E-state index in [0.717, 1.165) is 4.47 Å². The van der Waals surface area contributed by atoms with Gasteiger partial charge in [-0.3, -0.25) is 4.79 Å². The third-order valence-corrected chi connectivity index (χ3v) is 4.16. The summed E-state index contributed by atoms with van der Waals surface area (Å²) in [6, 6.07) is 5.26. The Morgan fingerprint density at radius 1 is 1.45 bits per heavy atom. The van der Waals surface area contributed by atoms with Gasteiger partial charge in [-0.2, -0.15) is 5.10 Å². The van der Waals surface area contributed by atoms with Crippen molar-refractivity contribution < 1.29 is 14.6 Å². The van der Waals surface area contributed by atoms with Crippen LogP contribution in [0.25, 0.3) is 0 Å². The Bertz CT molecular complexity index is 724. The van der Waals surface area contributed by atoms with Crippen molar-refractivity contribution in [2.45, 2.75) is 32.6 Å². The summed E-state index contributed by atoms with van der Waals surface area (Å²) in [6.45, 7) is 5.34. The van der Waals surface area contributed by atoms with Gasteiger partial charge < -0.3 is 9.84 Å². The number of hydrogen-bond acceptors (Lipinski definition) is 5. The maximum absolute atomic E-state index is 13.1. The molecule has 7 heteroatoms. The molecule has 0 bridgehead atoms. The third-order valence-electron chi connectivity index (χ3n) is 3.67. The van der Waals surface area contributed by atoms with Crippen LogP contribution in [-0.2, 0) is 10.5 Å². The van der Waals surface area contributed by atoms with Gasteiger partial charge in [-0.25, -0.2) is 9.67 Å². The number of hydrogen-bond donors (Lipinski definition) is 1. The fourth-order valence-corrected chi connectivity index (χ4v) is 3.00. The van der Waals surface area contributed by atoms with Crippen LogP contribution in [0.4, 0.5) is 0 Å². The highest BCUT2D eigenvalue weighted by Gasteiger charge is 2.59. The number of nitrogens with zero attached hydrogens (tertiary/aromatic N) is 3. The SMILES string of the molecule is CC(C)(C)C(=O)[C@]1(n2cncn2)Oc2ccc(Br)cc2[C@H]1O. The number of ketones is 1. The molecule has 1 aliphatic rings. The van der Waals surface area contributed by atoms with Gasteiger partial charge in [0.15, 0.2) is 6.10 Å². The minimum Gasteiger partial charge on any atom is -0.455 e. The van der Waals surface area contributed by atoms with Gasteiger partial charge >= 0.3 is 0 Å². The Morgan fingerprint density at radius 2 is 2.18 bits per heavy atom. The van der Waals surface area contributed by atoms with Crippen molar-refractivity contribution in [1.29, 1.82) is 0 Å². The Hall–Kier alpha value is -1.73. The Morgan fingerprint density at radius 3 is 2.77 bits per heavy atom. The number of aliphatic hydroxyl groups is 1. The van der Waals surface area contributed by atoms with Crippen LogP contribution < -0.4 is 4.74 Å². The average Bonchev–Trinajstić information content (AvgIpc) is 3.05. The first-order valence-corrected chi connectivity index (χ1v) is 7.62. The monoisotopic (exact) mass is 365 g/mol. The van der Waals surface area contributed by atoms with Gasteiger partial charge in [0.25, 0.3) is 5.72 Å². The van der Waals surface area contributed by atoms with E-state index in [2.05, 4.69) is 26.0 Å². The minimum atomic E-state index is -1.64. The molecule has 0 radical (unpaired) electrons. The van der Waals surface area contributed by atoms with Crippen molar-refractivity contribution in [2.75, 3.05) is 0 Å². The minimum absolute atomic E-state index is 0.273. The molecule has 3 rings (SSSR count). The molecular formula is C15H16BrN3O3. The summed E-state index contributed by atoms with van der Waals surface area (Å²) in [6.07, 6.45) is 1.52. The second kappa shape index (κ2) is 4.89. The van der Waals surface area contributed by atoms with Crippen LogP contribution in [-0.4, -0.2) is 25.7 Å². The lowest BCUT2D eigenvalue weighted by molar-refractivity contribution is -0.167. The predicted molar refractivity (Wildman–Crippen MR) is 82.2 cm³/mol. The Kier molecular flexibility index (Phi) is 3.37. The zero-order valence-corrected chi connectivity index (χ0v) is 14.0. The molecular weight excluding hydrogens is 350 g/mol. The number of benzene rings is 1. The second-order valence-electron chi connectivity index (χ2n) is 6.30. The zero-order chi connectivity index (χ0) is 16.1. The lowest BCUT2D eigenvalue weighted by atomic mass is 9.81. The number of carbonyl (C=O) groups excluding carboxylic acids is 1. The van der Waals surface area contributed by atoms with Crippen LogP contribution in [0.5, 0.6) is 5.75 Å². The summed E-state index contributed by atoms with van der Waals surface area (Å²) in [5, 5.41) is 14.9. The van der Waals surface area contributed by atoms with Crippen molar-refractivity contribution in [3.05, 3.63) is 40.9 Å². The largest absolute Gasteiger partial charge is 0.455 e. The van der Waals surface area contributed by atoms with Crippen LogP contribution in [0.1, 0.15) is 32.4 Å². The number of halogens is 1. The number of Topliss-reactive ketones (excluding diaryl/α,β-unsaturated/α-hetero) is 1. The highest BCUT2D eigenvalue weighted by molar-refractivity contribution is 9.10. The van der Waals surface area contributed by atoms with E-state index in [1.807, 2.05) is 0 Å². The van der Waals surface area contributed by atoms with Gasteiger partial charge in [-0.1, -0.05) is 36.7 Å². The van der Waals surface area contributed by atoms with Crippen LogP contribution in [0.3, 0.4) is 0 Å². The molecule has 0 fully saturated rings. The van der Waals surface area contributed by atoms with E-state index in [0.29, 0.717) is 11.3 Å². The Labute approximate surface area is 136 Å². The van der Waals surface area contributed by atoms with Crippen molar-refractivity contribution in [3.63, 3.8) is 0 Å². The first-order valence-electron chi connectivity index (χ1n) is 6.83. The molecule has 0 unspecified atom stereocenters. The van der Waals surface area contributed by atoms with Crippen molar-refractivity contribution >= 4 is 21.7 Å². The molecule has 0 saturated carbocycles. The van der Waals surface area contributed by atoms with E-state index < -0.39 is 17.2 Å². The van der Waals surface area contributed by atoms with E-state index in [1.165, 1.54) is 17.3 Å². The lowest BCUT2D eigenvalue weighted by Gasteiger charge is -2.35. The summed E-state index contributed by atoms with van der Waals surface area (Å²) in [4.78, 5) is 17.0. The number of aromatic nitrogens is 3. The van der Waals surface area contributed by atoms with E-state index >= 15 is 0 Å². The fourth-order valence-electron chi connectivity index (χ4n) is 2.62. The first-order chi connectivity index (χ1) is 10.3. The summed E-state index contributed by atoms with van der Waals surface area (Å²) in [5.74, 6) is 0.189. The van der Waals surface area contributed by atoms with Gasteiger partial charge in [0.05, 0.1) is 0 Å². The molecule has 6 nitrogen and oxygen atoms in total. The smallest absolute Gasteiger partial charge is 0.292 e. The molecule has 0 aliphatic carbocycles. The van der Waals surface area contributed by atoms with Crippen LogP contribution in [0.15, 0.2) is 35.3 Å². The van der Waals surface area contributed by atoms with Crippen molar-refractivity contribution in [3.8, 4) is 5.75 Å². The van der Waals surface area contributed by atoms with E-state index in [1.54, 1.807) is 39.0 Å². The number of fused-ring (bicyclic) bond motifs is 1. The van der Waals surface area contributed by atoms with Crippen LogP contribution in [0, 0.1) is 5.41 Å². The van der Waals surface area contributed by atoms with Crippen molar-refractivity contribution in [2.24, 2.45) is 5.41 Å². The quantitative estimate of drug-likeness (QED) is 0.884. The van der Waals surface area contributed by atoms with Gasteiger partial charge in [0.2, 0.25) is 5.78 Å². The molecule has 116 valence electrons. The van der Waals surface area contributed by atoms with Gasteiger partial charge in [-0.05, 0) is 18.2 Å². The van der Waals surface area contributed by atoms with E-state index in [4.69, 9.17) is 4.74 Å². The molecule has 0 amide bonds. The van der Waals surface area contributed by atoms with Crippen LogP contribution >= 0.6 is 15.9 Å². The molecule has 1 aromatic heterocycles. The summed E-state index contributed by atoms with van der Waals surface area (Å²) in [7, 11) is 0. The van der Waals surface area contributed by atoms with Gasteiger partial charge in [-0.15, -0.1) is 0 Å². The molecule has 2 heterocycles. The average molecular weight is 366 g/mol. The van der Waals surface area contributed by atoms with Crippen molar-refractivity contribution in [1.82, 2.24) is 14.8 Å². The molecule has 1 aromatic carbocycles. The number of rotatable bonds is 2. The Balaban J connectivity index is 2.20. The standard InChI is InChI=1S/C15H16BrN3O3/c1-14(2,3)13(21)15(19-8-17-7-18-19)12(20)10-6-9(16)4-5-11(10)22-15/h4-8,12,20H,1-3H3/t12-,15-/m1/s1. The van der Waals surface area contributed by atoms with E-state index in [9.17, 15) is 9.90 Å². The molecule has 22 heavy (non-hydrogen) atoms. The highest BCUT2D eigenvalue weighted by atomic mass is 79.9. The van der Waals surface area contributed by atoms with Gasteiger partial charge in [0, 0.05) is 15.5 Å². The highest BCUT2D eigenvalue weighted by Crippen LogP contribution is 2.49. The van der Waals surface area contributed by atoms with Crippen LogP contribution in [0.2, 0.25) is 0 Å². The molecule has 1 N–H and O–H groups in total. The topological polar surface area (TPSA) is 77.2 Å². The van der Waals surface area contributed by atoms with E-state index in [-0.39, 0.29) is 5.78 Å². The lowest BCUT2D eigenvalue weighted by Crippen LogP contribution is -2.53. The molecule has 2 atom stereocenters. The maximum atomic E-state index is 13.1. The number of ether oxygens (including phenoxy) is 1.